The van der Waals surface area contributed by atoms with Crippen LogP contribution < -0.4 is 5.32 Å². The monoisotopic (exact) mass is 243 g/mol. The maximum Gasteiger partial charge on any atom is 0.0464 e. The standard InChI is InChI=1S/C15H33NO/c1-12(2)10-14(11-16-15(4,5)6)13(3)8-9-17-7/h12-14,16H,8-11H2,1-7H3. The first-order valence-corrected chi connectivity index (χ1v) is 7.00. The molecule has 0 heterocycles. The van der Waals surface area contributed by atoms with Gasteiger partial charge in [0.05, 0.1) is 0 Å². The van der Waals surface area contributed by atoms with Crippen molar-refractivity contribution in [3.8, 4) is 0 Å². The molecular formula is C15H33NO. The second-order valence-corrected chi connectivity index (χ2v) is 6.78. The van der Waals surface area contributed by atoms with E-state index < -0.39 is 0 Å². The van der Waals surface area contributed by atoms with E-state index in [1.807, 2.05) is 0 Å². The van der Waals surface area contributed by atoms with Crippen LogP contribution in [0.25, 0.3) is 0 Å². The number of hydrogen-bond donors (Lipinski definition) is 1. The van der Waals surface area contributed by atoms with Crippen molar-refractivity contribution < 1.29 is 4.74 Å². The Morgan fingerprint density at radius 3 is 2.12 bits per heavy atom. The van der Waals surface area contributed by atoms with E-state index in [2.05, 4.69) is 46.9 Å². The first-order chi connectivity index (χ1) is 7.76. The molecule has 0 rings (SSSR count). The first kappa shape index (κ1) is 16.9. The summed E-state index contributed by atoms with van der Waals surface area (Å²) >= 11 is 0. The lowest BCUT2D eigenvalue weighted by Crippen LogP contribution is -2.41. The van der Waals surface area contributed by atoms with Gasteiger partial charge >= 0.3 is 0 Å². The molecule has 0 bridgehead atoms. The summed E-state index contributed by atoms with van der Waals surface area (Å²) in [4.78, 5) is 0. The minimum absolute atomic E-state index is 0.218. The molecule has 0 saturated heterocycles. The van der Waals surface area contributed by atoms with E-state index in [0.717, 1.165) is 30.9 Å². The van der Waals surface area contributed by atoms with Gasteiger partial charge in [0.25, 0.3) is 0 Å². The molecule has 0 fully saturated rings. The Labute approximate surface area is 109 Å². The number of nitrogens with one attached hydrogen (secondary N) is 1. The van der Waals surface area contributed by atoms with E-state index in [1.54, 1.807) is 7.11 Å². The van der Waals surface area contributed by atoms with Gasteiger partial charge in [-0.25, -0.2) is 0 Å². The van der Waals surface area contributed by atoms with Gasteiger partial charge in [0.2, 0.25) is 0 Å². The van der Waals surface area contributed by atoms with Crippen molar-refractivity contribution in [2.75, 3.05) is 20.3 Å². The Morgan fingerprint density at radius 1 is 1.12 bits per heavy atom. The second kappa shape index (κ2) is 8.10. The zero-order valence-corrected chi connectivity index (χ0v) is 13.0. The van der Waals surface area contributed by atoms with Crippen LogP contribution in [0.15, 0.2) is 0 Å². The lowest BCUT2D eigenvalue weighted by Gasteiger charge is -2.30. The van der Waals surface area contributed by atoms with Crippen LogP contribution in [0.1, 0.15) is 54.4 Å². The molecule has 0 aromatic rings. The lowest BCUT2D eigenvalue weighted by atomic mass is 9.84. The minimum Gasteiger partial charge on any atom is -0.385 e. The molecule has 2 nitrogen and oxygen atoms in total. The van der Waals surface area contributed by atoms with Crippen LogP contribution in [-0.2, 0) is 4.74 Å². The third-order valence-electron chi connectivity index (χ3n) is 3.25. The van der Waals surface area contributed by atoms with Gasteiger partial charge in [0, 0.05) is 19.3 Å². The van der Waals surface area contributed by atoms with E-state index in [1.165, 1.54) is 12.8 Å². The van der Waals surface area contributed by atoms with E-state index in [-0.39, 0.29) is 5.54 Å². The molecule has 0 amide bonds. The van der Waals surface area contributed by atoms with Crippen LogP contribution >= 0.6 is 0 Å². The van der Waals surface area contributed by atoms with Crippen LogP contribution in [0, 0.1) is 17.8 Å². The van der Waals surface area contributed by atoms with Crippen LogP contribution in [-0.4, -0.2) is 25.8 Å². The summed E-state index contributed by atoms with van der Waals surface area (Å²) in [5, 5.41) is 3.64. The average Bonchev–Trinajstić information content (AvgIpc) is 2.18. The molecule has 0 aromatic carbocycles. The predicted molar refractivity (Wildman–Crippen MR) is 76.4 cm³/mol. The van der Waals surface area contributed by atoms with Crippen molar-refractivity contribution in [3.63, 3.8) is 0 Å². The maximum absolute atomic E-state index is 5.19. The summed E-state index contributed by atoms with van der Waals surface area (Å²) in [6.45, 7) is 15.7. The normalized spacial score (nSPS) is 16.2. The zero-order chi connectivity index (χ0) is 13.5. The fraction of sp³-hybridized carbons (Fsp3) is 1.00. The lowest BCUT2D eigenvalue weighted by molar-refractivity contribution is 0.155. The average molecular weight is 243 g/mol. The Morgan fingerprint density at radius 2 is 1.71 bits per heavy atom. The van der Waals surface area contributed by atoms with Crippen molar-refractivity contribution in [1.82, 2.24) is 5.32 Å². The van der Waals surface area contributed by atoms with Gasteiger partial charge in [0.1, 0.15) is 0 Å². The molecule has 0 aliphatic carbocycles. The van der Waals surface area contributed by atoms with Gasteiger partial charge in [-0.15, -0.1) is 0 Å². The molecule has 0 radical (unpaired) electrons. The molecule has 2 unspecified atom stereocenters. The summed E-state index contributed by atoms with van der Waals surface area (Å²) in [7, 11) is 1.79. The van der Waals surface area contributed by atoms with Gasteiger partial charge in [-0.05, 0) is 57.9 Å². The van der Waals surface area contributed by atoms with Gasteiger partial charge < -0.3 is 10.1 Å². The zero-order valence-electron chi connectivity index (χ0n) is 13.0. The highest BCUT2D eigenvalue weighted by Gasteiger charge is 2.20. The van der Waals surface area contributed by atoms with Crippen LogP contribution in [0.5, 0.6) is 0 Å². The molecule has 0 aliphatic heterocycles. The van der Waals surface area contributed by atoms with Crippen LogP contribution in [0.3, 0.4) is 0 Å². The van der Waals surface area contributed by atoms with Gasteiger partial charge in [0.15, 0.2) is 0 Å². The number of hydrogen-bond acceptors (Lipinski definition) is 2. The van der Waals surface area contributed by atoms with Gasteiger partial charge in [-0.1, -0.05) is 20.8 Å². The summed E-state index contributed by atoms with van der Waals surface area (Å²) in [6, 6.07) is 0. The van der Waals surface area contributed by atoms with Crippen LogP contribution in [0.4, 0.5) is 0 Å². The van der Waals surface area contributed by atoms with Crippen molar-refractivity contribution >= 4 is 0 Å². The summed E-state index contributed by atoms with van der Waals surface area (Å²) in [5.41, 5.74) is 0.218. The van der Waals surface area contributed by atoms with Crippen LogP contribution in [0.2, 0.25) is 0 Å². The number of ether oxygens (including phenoxy) is 1. The molecule has 0 aliphatic rings. The van der Waals surface area contributed by atoms with Crippen molar-refractivity contribution in [2.45, 2.75) is 59.9 Å². The molecule has 2 atom stereocenters. The largest absolute Gasteiger partial charge is 0.385 e. The Kier molecular flexibility index (Phi) is 8.06. The van der Waals surface area contributed by atoms with Crippen molar-refractivity contribution in [2.24, 2.45) is 17.8 Å². The second-order valence-electron chi connectivity index (χ2n) is 6.78. The molecule has 2 heteroatoms. The fourth-order valence-corrected chi connectivity index (χ4v) is 2.10. The highest BCUT2D eigenvalue weighted by atomic mass is 16.5. The predicted octanol–water partition coefficient (Wildman–Crippen LogP) is 3.71. The highest BCUT2D eigenvalue weighted by Crippen LogP contribution is 2.23. The van der Waals surface area contributed by atoms with Crippen molar-refractivity contribution in [1.29, 1.82) is 0 Å². The molecule has 0 aromatic heterocycles. The molecule has 0 spiro atoms. The number of rotatable bonds is 8. The summed E-state index contributed by atoms with van der Waals surface area (Å²) < 4.78 is 5.19. The first-order valence-electron chi connectivity index (χ1n) is 7.00. The van der Waals surface area contributed by atoms with E-state index in [0.29, 0.717) is 0 Å². The Bertz CT molecular complexity index is 184. The van der Waals surface area contributed by atoms with Gasteiger partial charge in [-0.2, -0.15) is 0 Å². The Balaban J connectivity index is 4.21. The molecule has 0 saturated carbocycles. The summed E-state index contributed by atoms with van der Waals surface area (Å²) in [5.74, 6) is 2.25. The molecule has 17 heavy (non-hydrogen) atoms. The van der Waals surface area contributed by atoms with E-state index in [4.69, 9.17) is 4.74 Å². The third kappa shape index (κ3) is 9.61. The number of methoxy groups -OCH3 is 1. The SMILES string of the molecule is COCCC(C)C(CNC(C)(C)C)CC(C)C. The maximum atomic E-state index is 5.19. The highest BCUT2D eigenvalue weighted by molar-refractivity contribution is 4.76. The minimum atomic E-state index is 0.218. The van der Waals surface area contributed by atoms with E-state index in [9.17, 15) is 0 Å². The van der Waals surface area contributed by atoms with Crippen molar-refractivity contribution in [3.05, 3.63) is 0 Å². The Hall–Kier alpha value is -0.0800. The molecule has 1 N–H and O–H groups in total. The third-order valence-corrected chi connectivity index (χ3v) is 3.25. The summed E-state index contributed by atoms with van der Waals surface area (Å²) in [6.07, 6.45) is 2.47. The van der Waals surface area contributed by atoms with E-state index >= 15 is 0 Å². The fourth-order valence-electron chi connectivity index (χ4n) is 2.10. The quantitative estimate of drug-likeness (QED) is 0.701. The molecular weight excluding hydrogens is 210 g/mol. The van der Waals surface area contributed by atoms with Gasteiger partial charge in [-0.3, -0.25) is 0 Å². The molecule has 104 valence electrons. The topological polar surface area (TPSA) is 21.3 Å². The smallest absolute Gasteiger partial charge is 0.0464 e.